The van der Waals surface area contributed by atoms with Gasteiger partial charge in [0.05, 0.1) is 0 Å². The number of carbonyl (C=O) groups excluding carboxylic acids is 1. The van der Waals surface area contributed by atoms with E-state index in [1.807, 2.05) is 0 Å². The van der Waals surface area contributed by atoms with Crippen LogP contribution >= 0.6 is 0 Å². The molecule has 0 bridgehead atoms. The molecule has 1 aliphatic rings. The summed E-state index contributed by atoms with van der Waals surface area (Å²) in [5.41, 5.74) is -21.1. The van der Waals surface area contributed by atoms with E-state index in [1.54, 1.807) is 0 Å². The number of benzene rings is 1. The molecule has 0 aromatic heterocycles. The van der Waals surface area contributed by atoms with Crippen LogP contribution in [0.3, 0.4) is 0 Å². The highest BCUT2D eigenvalue weighted by molar-refractivity contribution is 5.81. The Morgan fingerprint density at radius 3 is 1.28 bits per heavy atom. The van der Waals surface area contributed by atoms with Crippen molar-refractivity contribution in [1.29, 1.82) is 0 Å². The molecule has 1 aromatic carbocycles. The van der Waals surface area contributed by atoms with Crippen LogP contribution < -0.4 is 0 Å². The first kappa shape index (κ1) is 47.6. The van der Waals surface area contributed by atoms with Crippen molar-refractivity contribution in [1.82, 2.24) is 0 Å². The lowest BCUT2D eigenvalue weighted by molar-refractivity contribution is -0.402. The second-order valence-electron chi connectivity index (χ2n) is 10.3. The van der Waals surface area contributed by atoms with Crippen molar-refractivity contribution >= 4 is 12.0 Å². The lowest BCUT2D eigenvalue weighted by atomic mass is 9.83. The predicted octanol–water partition coefficient (Wildman–Crippen LogP) is 8.89. The molecule has 0 saturated heterocycles. The molecule has 2 atom stereocenters. The summed E-state index contributed by atoms with van der Waals surface area (Å²) in [4.78, 5) is 10.5. The van der Waals surface area contributed by atoms with Gasteiger partial charge in [0.1, 0.15) is 20.2 Å². The summed E-state index contributed by atoms with van der Waals surface area (Å²) in [6.07, 6.45) is -29.5. The van der Waals surface area contributed by atoms with Crippen LogP contribution in [0.15, 0.2) is 37.4 Å². The van der Waals surface area contributed by atoms with Gasteiger partial charge in [0.25, 0.3) is 16.9 Å². The minimum Gasteiger partial charge on any atom is -0.459 e. The van der Waals surface area contributed by atoms with E-state index in [4.69, 9.17) is 0 Å². The molecular formula is C27H22F20O6. The van der Waals surface area contributed by atoms with Gasteiger partial charge in [0, 0.05) is 31.4 Å². The minimum absolute atomic E-state index is 0.0287. The van der Waals surface area contributed by atoms with Gasteiger partial charge in [-0.1, -0.05) is 19.2 Å². The highest BCUT2D eigenvalue weighted by Crippen LogP contribution is 2.63. The number of rotatable bonds is 12. The van der Waals surface area contributed by atoms with Crippen LogP contribution in [0.1, 0.15) is 16.7 Å². The van der Waals surface area contributed by atoms with Gasteiger partial charge in [-0.25, -0.2) is 13.6 Å². The van der Waals surface area contributed by atoms with Crippen molar-refractivity contribution in [3.05, 3.63) is 54.1 Å². The topological polar surface area (TPSA) is 63.2 Å². The van der Waals surface area contributed by atoms with Crippen LogP contribution in [0.2, 0.25) is 0 Å². The SMILES string of the molecule is C=CC(=O)OCC1(F)C(F)C(F)(F)C(F)(F)C1(F)F.C=Cc1cc(C(OCOC)(C(F)(F)F)C(F)(F)F)cc(C(OCOC)(C(F)(F)F)C(F)(F)F)c1. The molecule has 0 radical (unpaired) electrons. The van der Waals surface area contributed by atoms with E-state index < -0.39 is 114 Å². The van der Waals surface area contributed by atoms with Gasteiger partial charge >= 0.3 is 48.4 Å². The third-order valence-corrected chi connectivity index (χ3v) is 7.03. The number of carbonyl (C=O) groups is 1. The van der Waals surface area contributed by atoms with Gasteiger partial charge in [0.2, 0.25) is 6.17 Å². The molecule has 0 N–H and O–H groups in total. The average Bonchev–Trinajstić information content (AvgIpc) is 3.07. The molecular weight excluding hydrogens is 800 g/mol. The van der Waals surface area contributed by atoms with Crippen LogP contribution in [0.5, 0.6) is 0 Å². The molecule has 1 saturated carbocycles. The van der Waals surface area contributed by atoms with Crippen LogP contribution in [-0.2, 0) is 39.7 Å². The molecule has 6 nitrogen and oxygen atoms in total. The first-order valence-electron chi connectivity index (χ1n) is 13.2. The Labute approximate surface area is 283 Å². The summed E-state index contributed by atoms with van der Waals surface area (Å²) in [6, 6.07) is -0.539. The number of halogens is 20. The van der Waals surface area contributed by atoms with E-state index in [9.17, 15) is 92.6 Å². The fraction of sp³-hybridized carbons (Fsp3) is 0.593. The summed E-state index contributed by atoms with van der Waals surface area (Å²) in [5, 5.41) is 0. The Hall–Kier alpha value is -3.39. The monoisotopic (exact) mass is 822 g/mol. The second kappa shape index (κ2) is 15.4. The second-order valence-corrected chi connectivity index (χ2v) is 10.3. The van der Waals surface area contributed by atoms with E-state index in [2.05, 4.69) is 36.8 Å². The molecule has 0 spiro atoms. The zero-order valence-electron chi connectivity index (χ0n) is 26.0. The van der Waals surface area contributed by atoms with E-state index in [0.717, 1.165) is 0 Å². The van der Waals surface area contributed by atoms with Crippen molar-refractivity contribution in [2.45, 2.75) is 65.5 Å². The zero-order valence-corrected chi connectivity index (χ0v) is 26.0. The van der Waals surface area contributed by atoms with Crippen molar-refractivity contribution in [3.8, 4) is 0 Å². The maximum Gasteiger partial charge on any atom is 0.430 e. The number of hydrogen-bond donors (Lipinski definition) is 0. The molecule has 26 heteroatoms. The summed E-state index contributed by atoms with van der Waals surface area (Å²) in [7, 11) is 1.28. The molecule has 1 aromatic rings. The number of esters is 1. The number of ether oxygens (including phenoxy) is 5. The fourth-order valence-electron chi connectivity index (χ4n) is 4.42. The molecule has 1 aliphatic carbocycles. The van der Waals surface area contributed by atoms with Crippen molar-refractivity contribution in [3.63, 3.8) is 0 Å². The lowest BCUT2D eigenvalue weighted by Crippen LogP contribution is -2.58. The maximum atomic E-state index is 13.8. The highest BCUT2D eigenvalue weighted by Gasteiger charge is 2.93. The molecule has 2 unspecified atom stereocenters. The van der Waals surface area contributed by atoms with Crippen molar-refractivity contribution < 1.29 is 116 Å². The number of hydrogen-bond acceptors (Lipinski definition) is 6. The Morgan fingerprint density at radius 1 is 0.679 bits per heavy atom. The van der Waals surface area contributed by atoms with Gasteiger partial charge in [0.15, 0.2) is 0 Å². The van der Waals surface area contributed by atoms with Gasteiger partial charge < -0.3 is 23.7 Å². The molecule has 306 valence electrons. The first-order chi connectivity index (χ1) is 23.6. The van der Waals surface area contributed by atoms with E-state index >= 15 is 0 Å². The largest absolute Gasteiger partial charge is 0.459 e. The summed E-state index contributed by atoms with van der Waals surface area (Å²) in [6.45, 7) is 0.0984. The Bertz CT molecular complexity index is 1360. The Morgan fingerprint density at radius 2 is 1.04 bits per heavy atom. The van der Waals surface area contributed by atoms with E-state index in [1.165, 1.54) is 0 Å². The number of methoxy groups -OCH3 is 2. The summed E-state index contributed by atoms with van der Waals surface area (Å²) >= 11 is 0. The zero-order chi connectivity index (χ0) is 42.1. The van der Waals surface area contributed by atoms with Gasteiger partial charge in [-0.05, 0) is 23.8 Å². The molecule has 0 heterocycles. The van der Waals surface area contributed by atoms with Crippen LogP contribution in [0.4, 0.5) is 87.8 Å². The Balaban J connectivity index is 0.000000622. The first-order valence-corrected chi connectivity index (χ1v) is 13.2. The number of alkyl halides is 20. The van der Waals surface area contributed by atoms with Crippen LogP contribution in [0.25, 0.3) is 6.08 Å². The minimum atomic E-state index is -6.42. The van der Waals surface area contributed by atoms with Gasteiger partial charge in [-0.2, -0.15) is 79.0 Å². The normalized spacial score (nSPS) is 21.7. The summed E-state index contributed by atoms with van der Waals surface area (Å²) < 4.78 is 289. The van der Waals surface area contributed by atoms with Gasteiger partial charge in [-0.15, -0.1) is 0 Å². The standard InChI is InChI=1S/C18H16F12O4.C9H6F8O2/c1-4-10-5-11(13(15(19,20)21,16(22,23)24)33-8-31-2)7-12(6-10)14(17(25,26)27,18(28,29)30)34-9-32-3;1-2-4(18)19-3-6(11)5(10)7(12,13)9(16,17)8(6,14)15/h4-7H,1,8-9H2,2-3H3;2,5H,1,3H2. The third-order valence-electron chi connectivity index (χ3n) is 7.03. The van der Waals surface area contributed by atoms with Crippen LogP contribution in [0, 0.1) is 0 Å². The quantitative estimate of drug-likeness (QED) is 0.0909. The van der Waals surface area contributed by atoms with Crippen LogP contribution in [-0.4, -0.2) is 94.7 Å². The Kier molecular flexibility index (Phi) is 13.8. The molecule has 2 rings (SSSR count). The molecule has 1 fully saturated rings. The molecule has 0 amide bonds. The predicted molar refractivity (Wildman–Crippen MR) is 135 cm³/mol. The van der Waals surface area contributed by atoms with Gasteiger partial charge in [-0.3, -0.25) is 0 Å². The lowest BCUT2D eigenvalue weighted by Gasteiger charge is -2.40. The smallest absolute Gasteiger partial charge is 0.430 e. The maximum absolute atomic E-state index is 13.8. The fourth-order valence-corrected chi connectivity index (χ4v) is 4.42. The highest BCUT2D eigenvalue weighted by atomic mass is 19.4. The summed E-state index contributed by atoms with van der Waals surface area (Å²) in [5.74, 6) is -19.8. The average molecular weight is 822 g/mol. The molecule has 53 heavy (non-hydrogen) atoms. The van der Waals surface area contributed by atoms with E-state index in [0.29, 0.717) is 26.4 Å². The molecule has 0 aliphatic heterocycles. The van der Waals surface area contributed by atoms with E-state index in [-0.39, 0.29) is 12.1 Å². The van der Waals surface area contributed by atoms with Crippen molar-refractivity contribution in [2.24, 2.45) is 0 Å². The third kappa shape index (κ3) is 7.90. The van der Waals surface area contributed by atoms with Crippen molar-refractivity contribution in [2.75, 3.05) is 34.4 Å².